The number of hydrogen-bond donors (Lipinski definition) is 1. The van der Waals surface area contributed by atoms with Crippen molar-refractivity contribution < 1.29 is 5.11 Å². The van der Waals surface area contributed by atoms with Gasteiger partial charge in [-0.15, -0.1) is 0 Å². The molecule has 0 amide bonds. The van der Waals surface area contributed by atoms with Crippen LogP contribution in [-0.2, 0) is 6.42 Å². The molecule has 15 heavy (non-hydrogen) atoms. The molecule has 1 heteroatoms. The first-order valence-electron chi connectivity index (χ1n) is 5.38. The predicted octanol–water partition coefficient (Wildman–Crippen LogP) is 3.94. The third-order valence-corrected chi connectivity index (χ3v) is 2.62. The van der Waals surface area contributed by atoms with Crippen LogP contribution in [0.1, 0.15) is 43.4 Å². The topological polar surface area (TPSA) is 20.2 Å². The predicted molar refractivity (Wildman–Crippen MR) is 65.5 cm³/mol. The molecule has 1 aromatic carbocycles. The highest BCUT2D eigenvalue weighted by Gasteiger charge is 2.09. The van der Waals surface area contributed by atoms with Crippen molar-refractivity contribution in [1.82, 2.24) is 0 Å². The van der Waals surface area contributed by atoms with Crippen LogP contribution in [0.4, 0.5) is 0 Å². The zero-order chi connectivity index (χ0) is 11.6. The number of hydrogen-bond acceptors (Lipinski definition) is 1. The zero-order valence-corrected chi connectivity index (χ0v) is 10.1. The van der Waals surface area contributed by atoms with E-state index in [2.05, 4.69) is 26.5 Å². The summed E-state index contributed by atoms with van der Waals surface area (Å²) in [5, 5.41) is 9.93. The lowest BCUT2D eigenvalue weighted by Crippen LogP contribution is -1.95. The monoisotopic (exact) mass is 204 g/mol. The van der Waals surface area contributed by atoms with Gasteiger partial charge in [-0.25, -0.2) is 0 Å². The molecule has 0 atom stereocenters. The van der Waals surface area contributed by atoms with Crippen molar-refractivity contribution in [2.24, 2.45) is 0 Å². The Morgan fingerprint density at radius 3 is 2.40 bits per heavy atom. The van der Waals surface area contributed by atoms with Crippen molar-refractivity contribution in [3.8, 4) is 5.75 Å². The third-order valence-electron chi connectivity index (χ3n) is 2.62. The molecule has 82 valence electrons. The van der Waals surface area contributed by atoms with Gasteiger partial charge < -0.3 is 5.11 Å². The molecular formula is C14H20O. The molecule has 0 fully saturated rings. The number of phenols is 1. The van der Waals surface area contributed by atoms with Crippen LogP contribution in [-0.4, -0.2) is 5.11 Å². The van der Waals surface area contributed by atoms with Gasteiger partial charge in [-0.1, -0.05) is 32.1 Å². The molecule has 0 spiro atoms. The number of aryl methyl sites for hydroxylation is 1. The summed E-state index contributed by atoms with van der Waals surface area (Å²) in [6.07, 6.45) is 0.760. The van der Waals surface area contributed by atoms with Gasteiger partial charge in [-0.2, -0.15) is 0 Å². The average Bonchev–Trinajstić information content (AvgIpc) is 2.10. The van der Waals surface area contributed by atoms with E-state index < -0.39 is 0 Å². The summed E-state index contributed by atoms with van der Waals surface area (Å²) in [6.45, 7) is 12.2. The number of allylic oxidation sites excluding steroid dienone is 1. The van der Waals surface area contributed by atoms with E-state index in [9.17, 15) is 5.11 Å². The maximum atomic E-state index is 9.93. The van der Waals surface area contributed by atoms with Gasteiger partial charge in [0.15, 0.2) is 0 Å². The van der Waals surface area contributed by atoms with E-state index in [0.29, 0.717) is 11.7 Å². The zero-order valence-electron chi connectivity index (χ0n) is 10.1. The van der Waals surface area contributed by atoms with E-state index in [1.807, 2.05) is 19.9 Å². The molecule has 1 aromatic rings. The first-order chi connectivity index (χ1) is 6.91. The lowest BCUT2D eigenvalue weighted by molar-refractivity contribution is 0.467. The fourth-order valence-corrected chi connectivity index (χ4v) is 1.69. The second-order valence-corrected chi connectivity index (χ2v) is 4.62. The summed E-state index contributed by atoms with van der Waals surface area (Å²) >= 11 is 0. The molecule has 0 aliphatic heterocycles. The van der Waals surface area contributed by atoms with E-state index in [1.165, 1.54) is 5.56 Å². The number of phenolic OH excluding ortho intramolecular Hbond substituents is 1. The minimum atomic E-state index is 0.404. The van der Waals surface area contributed by atoms with Crippen LogP contribution in [0.15, 0.2) is 24.3 Å². The van der Waals surface area contributed by atoms with Gasteiger partial charge in [-0.05, 0) is 43.4 Å². The van der Waals surface area contributed by atoms with Crippen LogP contribution in [0.3, 0.4) is 0 Å². The van der Waals surface area contributed by atoms with E-state index in [0.717, 1.165) is 23.1 Å². The Hall–Kier alpha value is -1.24. The van der Waals surface area contributed by atoms with Gasteiger partial charge in [0.25, 0.3) is 0 Å². The largest absolute Gasteiger partial charge is 0.508 e. The second-order valence-electron chi connectivity index (χ2n) is 4.62. The van der Waals surface area contributed by atoms with Gasteiger partial charge in [-0.3, -0.25) is 0 Å². The second kappa shape index (κ2) is 4.52. The number of rotatable bonds is 3. The summed E-state index contributed by atoms with van der Waals surface area (Å²) in [5.41, 5.74) is 4.43. The van der Waals surface area contributed by atoms with Crippen molar-refractivity contribution in [1.29, 1.82) is 0 Å². The fraction of sp³-hybridized carbons (Fsp3) is 0.429. The van der Waals surface area contributed by atoms with Crippen molar-refractivity contribution in [2.75, 3.05) is 0 Å². The van der Waals surface area contributed by atoms with Gasteiger partial charge in [0.2, 0.25) is 0 Å². The maximum absolute atomic E-state index is 9.93. The lowest BCUT2D eigenvalue weighted by atomic mass is 9.94. The molecule has 1 nitrogen and oxygen atoms in total. The van der Waals surface area contributed by atoms with Crippen molar-refractivity contribution >= 4 is 0 Å². The highest BCUT2D eigenvalue weighted by Crippen LogP contribution is 2.28. The Kier molecular flexibility index (Phi) is 3.57. The first-order valence-corrected chi connectivity index (χ1v) is 5.38. The highest BCUT2D eigenvalue weighted by atomic mass is 16.3. The molecular weight excluding hydrogens is 184 g/mol. The van der Waals surface area contributed by atoms with Crippen LogP contribution < -0.4 is 0 Å². The van der Waals surface area contributed by atoms with Gasteiger partial charge in [0.05, 0.1) is 0 Å². The van der Waals surface area contributed by atoms with Gasteiger partial charge in [0.1, 0.15) is 5.75 Å². The van der Waals surface area contributed by atoms with Crippen LogP contribution in [0.25, 0.3) is 0 Å². The van der Waals surface area contributed by atoms with Gasteiger partial charge in [0, 0.05) is 5.56 Å². The van der Waals surface area contributed by atoms with E-state index >= 15 is 0 Å². The van der Waals surface area contributed by atoms with Crippen molar-refractivity contribution in [3.05, 3.63) is 41.0 Å². The Labute approximate surface area is 92.5 Å². The van der Waals surface area contributed by atoms with E-state index in [1.54, 1.807) is 0 Å². The molecule has 0 aliphatic carbocycles. The Morgan fingerprint density at radius 1 is 1.40 bits per heavy atom. The Balaban J connectivity index is 3.15. The molecule has 0 saturated carbocycles. The Bertz CT molecular complexity index is 352. The number of benzene rings is 1. The summed E-state index contributed by atoms with van der Waals surface area (Å²) in [4.78, 5) is 0. The molecule has 0 heterocycles. The third kappa shape index (κ3) is 2.85. The lowest BCUT2D eigenvalue weighted by Gasteiger charge is -2.13. The molecule has 0 saturated heterocycles. The molecule has 0 unspecified atom stereocenters. The molecule has 0 aliphatic rings. The summed E-state index contributed by atoms with van der Waals surface area (Å²) in [5.74, 6) is 0.857. The Morgan fingerprint density at radius 2 is 2.00 bits per heavy atom. The highest BCUT2D eigenvalue weighted by molar-refractivity contribution is 5.45. The van der Waals surface area contributed by atoms with Crippen LogP contribution >= 0.6 is 0 Å². The van der Waals surface area contributed by atoms with E-state index in [4.69, 9.17) is 0 Å². The minimum absolute atomic E-state index is 0.404. The van der Waals surface area contributed by atoms with Crippen LogP contribution in [0, 0.1) is 6.92 Å². The minimum Gasteiger partial charge on any atom is -0.508 e. The normalized spacial score (nSPS) is 10.7. The fourth-order valence-electron chi connectivity index (χ4n) is 1.69. The average molecular weight is 204 g/mol. The summed E-state index contributed by atoms with van der Waals surface area (Å²) < 4.78 is 0. The molecule has 0 radical (unpaired) electrons. The van der Waals surface area contributed by atoms with Crippen molar-refractivity contribution in [2.45, 2.75) is 40.0 Å². The molecule has 1 rings (SSSR count). The molecule has 0 aromatic heterocycles. The smallest absolute Gasteiger partial charge is 0.119 e. The molecule has 0 bridgehead atoms. The summed E-state index contributed by atoms with van der Waals surface area (Å²) in [6, 6.07) is 4.03. The quantitative estimate of drug-likeness (QED) is 0.739. The molecule has 1 N–H and O–H groups in total. The van der Waals surface area contributed by atoms with Gasteiger partial charge >= 0.3 is 0 Å². The summed E-state index contributed by atoms with van der Waals surface area (Å²) in [7, 11) is 0. The van der Waals surface area contributed by atoms with E-state index in [-0.39, 0.29) is 0 Å². The van der Waals surface area contributed by atoms with Crippen LogP contribution in [0.2, 0.25) is 0 Å². The van der Waals surface area contributed by atoms with Crippen LogP contribution in [0.5, 0.6) is 5.75 Å². The maximum Gasteiger partial charge on any atom is 0.119 e. The van der Waals surface area contributed by atoms with Crippen molar-refractivity contribution in [3.63, 3.8) is 0 Å². The standard InChI is InChI=1S/C14H20O/c1-9(2)6-13-11(5)7-12(10(3)4)8-14(13)15/h7-8,10,15H,1,6H2,2-5H3. The SMILES string of the molecule is C=C(C)Cc1c(C)cc(C(C)C)cc1O. The number of aromatic hydroxyl groups is 1. The first kappa shape index (κ1) is 11.8.